The molecule has 0 bridgehead atoms. The summed E-state index contributed by atoms with van der Waals surface area (Å²) in [4.78, 5) is 0. The van der Waals surface area contributed by atoms with Crippen molar-refractivity contribution < 1.29 is 0 Å². The molecular weight excluding hydrogens is 218 g/mol. The van der Waals surface area contributed by atoms with Gasteiger partial charge in [-0.2, -0.15) is 0 Å². The minimum Gasteiger partial charge on any atom is -0.351 e. The minimum absolute atomic E-state index is 0.182. The van der Waals surface area contributed by atoms with Crippen molar-refractivity contribution in [2.45, 2.75) is 52.4 Å². The molecule has 1 heteroatoms. The van der Waals surface area contributed by atoms with Crippen molar-refractivity contribution in [3.05, 3.63) is 35.5 Å². The third kappa shape index (κ3) is 2.19. The van der Waals surface area contributed by atoms with Gasteiger partial charge in [0, 0.05) is 18.8 Å². The number of aromatic nitrogens is 1. The zero-order valence-electron chi connectivity index (χ0n) is 12.8. The van der Waals surface area contributed by atoms with Crippen LogP contribution in [-0.2, 0) is 17.9 Å². The van der Waals surface area contributed by atoms with Gasteiger partial charge in [0.1, 0.15) is 0 Å². The van der Waals surface area contributed by atoms with Gasteiger partial charge in [-0.1, -0.05) is 41.5 Å². The summed E-state index contributed by atoms with van der Waals surface area (Å²) >= 11 is 0. The summed E-state index contributed by atoms with van der Waals surface area (Å²) in [5.41, 5.74) is 4.62. The highest BCUT2D eigenvalue weighted by Crippen LogP contribution is 2.36. The number of rotatable bonds is 0. The highest BCUT2D eigenvalue weighted by molar-refractivity contribution is 5.82. The minimum atomic E-state index is 0.182. The Hall–Kier alpha value is -1.24. The first-order chi connectivity index (χ1) is 8.10. The Bertz CT molecular complexity index is 574. The second-order valence-corrected chi connectivity index (χ2v) is 7.38. The van der Waals surface area contributed by atoms with Crippen molar-refractivity contribution in [3.8, 4) is 0 Å². The molecule has 0 unspecified atom stereocenters. The Morgan fingerprint density at radius 3 is 1.83 bits per heavy atom. The molecule has 0 atom stereocenters. The molecule has 0 spiro atoms. The molecule has 18 heavy (non-hydrogen) atoms. The quantitative estimate of drug-likeness (QED) is 0.628. The lowest BCUT2D eigenvalue weighted by atomic mass is 9.75. The SMILES string of the molecule is Cn1ccc2cc(C(C)(C)C)c(C(C)(C)C)cc21. The van der Waals surface area contributed by atoms with Crippen LogP contribution in [0.2, 0.25) is 0 Å². The molecule has 2 rings (SSSR count). The molecule has 0 saturated carbocycles. The van der Waals surface area contributed by atoms with Gasteiger partial charge in [0.15, 0.2) is 0 Å². The van der Waals surface area contributed by atoms with Crippen molar-refractivity contribution in [2.24, 2.45) is 7.05 Å². The van der Waals surface area contributed by atoms with E-state index in [1.807, 2.05) is 0 Å². The summed E-state index contributed by atoms with van der Waals surface area (Å²) in [6.45, 7) is 13.8. The number of fused-ring (bicyclic) bond motifs is 1. The molecule has 1 aromatic carbocycles. The second-order valence-electron chi connectivity index (χ2n) is 7.38. The summed E-state index contributed by atoms with van der Waals surface area (Å²) < 4.78 is 2.21. The standard InChI is InChI=1S/C17H25N/c1-16(2,3)13-10-12-8-9-18(7)15(12)11-14(13)17(4,5)6/h8-11H,1-7H3. The molecular formula is C17H25N. The zero-order valence-corrected chi connectivity index (χ0v) is 12.8. The van der Waals surface area contributed by atoms with E-state index >= 15 is 0 Å². The van der Waals surface area contributed by atoms with Crippen LogP contribution in [0.4, 0.5) is 0 Å². The first-order valence-corrected chi connectivity index (χ1v) is 6.71. The molecule has 0 aliphatic heterocycles. The molecule has 2 aromatic rings. The average Bonchev–Trinajstić information content (AvgIpc) is 2.56. The third-order valence-corrected chi connectivity index (χ3v) is 3.64. The van der Waals surface area contributed by atoms with E-state index in [4.69, 9.17) is 0 Å². The third-order valence-electron chi connectivity index (χ3n) is 3.64. The average molecular weight is 243 g/mol. The fourth-order valence-electron chi connectivity index (χ4n) is 2.56. The van der Waals surface area contributed by atoms with Crippen LogP contribution in [0, 0.1) is 0 Å². The van der Waals surface area contributed by atoms with Gasteiger partial charge in [-0.25, -0.2) is 0 Å². The van der Waals surface area contributed by atoms with E-state index in [9.17, 15) is 0 Å². The van der Waals surface area contributed by atoms with Gasteiger partial charge >= 0.3 is 0 Å². The van der Waals surface area contributed by atoms with Crippen molar-refractivity contribution in [1.29, 1.82) is 0 Å². The summed E-state index contributed by atoms with van der Waals surface area (Å²) in [6.07, 6.45) is 2.14. The van der Waals surface area contributed by atoms with Crippen molar-refractivity contribution in [3.63, 3.8) is 0 Å². The Balaban J connectivity index is 2.82. The predicted octanol–water partition coefficient (Wildman–Crippen LogP) is 4.77. The number of nitrogens with zero attached hydrogens (tertiary/aromatic N) is 1. The number of hydrogen-bond acceptors (Lipinski definition) is 0. The largest absolute Gasteiger partial charge is 0.351 e. The van der Waals surface area contributed by atoms with E-state index in [1.165, 1.54) is 22.0 Å². The molecule has 0 saturated heterocycles. The maximum atomic E-state index is 2.37. The number of hydrogen-bond donors (Lipinski definition) is 0. The van der Waals surface area contributed by atoms with Gasteiger partial charge in [0.05, 0.1) is 0 Å². The van der Waals surface area contributed by atoms with E-state index in [0.717, 1.165) is 0 Å². The first kappa shape index (κ1) is 13.2. The summed E-state index contributed by atoms with van der Waals surface area (Å²) in [5.74, 6) is 0. The summed E-state index contributed by atoms with van der Waals surface area (Å²) in [6, 6.07) is 6.95. The molecule has 0 aliphatic rings. The fraction of sp³-hybridized carbons (Fsp3) is 0.529. The van der Waals surface area contributed by atoms with Gasteiger partial charge < -0.3 is 4.57 Å². The molecule has 98 valence electrons. The normalized spacial score (nSPS) is 13.3. The van der Waals surface area contributed by atoms with E-state index in [1.54, 1.807) is 0 Å². The molecule has 0 aliphatic carbocycles. The van der Waals surface area contributed by atoms with Crippen LogP contribution < -0.4 is 0 Å². The zero-order chi connectivity index (χ0) is 13.7. The van der Waals surface area contributed by atoms with E-state index in [2.05, 4.69) is 77.6 Å². The lowest BCUT2D eigenvalue weighted by Crippen LogP contribution is -2.22. The van der Waals surface area contributed by atoms with Crippen molar-refractivity contribution >= 4 is 10.9 Å². The van der Waals surface area contributed by atoms with Crippen LogP contribution >= 0.6 is 0 Å². The maximum absolute atomic E-state index is 2.37. The summed E-state index contributed by atoms with van der Waals surface area (Å²) in [7, 11) is 2.12. The molecule has 1 nitrogen and oxygen atoms in total. The molecule has 1 heterocycles. The van der Waals surface area contributed by atoms with Gasteiger partial charge in [0.25, 0.3) is 0 Å². The molecule has 0 amide bonds. The monoisotopic (exact) mass is 243 g/mol. The first-order valence-electron chi connectivity index (χ1n) is 6.71. The molecule has 0 N–H and O–H groups in total. The maximum Gasteiger partial charge on any atom is 0.0480 e. The van der Waals surface area contributed by atoms with Crippen LogP contribution in [0.1, 0.15) is 52.7 Å². The highest BCUT2D eigenvalue weighted by atomic mass is 14.9. The number of benzene rings is 1. The highest BCUT2D eigenvalue weighted by Gasteiger charge is 2.25. The van der Waals surface area contributed by atoms with Crippen LogP contribution in [0.25, 0.3) is 10.9 Å². The van der Waals surface area contributed by atoms with Crippen LogP contribution in [-0.4, -0.2) is 4.57 Å². The Labute approximate surface area is 111 Å². The van der Waals surface area contributed by atoms with Crippen molar-refractivity contribution in [2.75, 3.05) is 0 Å². The molecule has 0 fully saturated rings. The van der Waals surface area contributed by atoms with Crippen LogP contribution in [0.3, 0.4) is 0 Å². The van der Waals surface area contributed by atoms with Crippen LogP contribution in [0.5, 0.6) is 0 Å². The van der Waals surface area contributed by atoms with Crippen molar-refractivity contribution in [1.82, 2.24) is 4.57 Å². The van der Waals surface area contributed by atoms with Gasteiger partial charge in [-0.3, -0.25) is 0 Å². The topological polar surface area (TPSA) is 4.93 Å². The fourth-order valence-corrected chi connectivity index (χ4v) is 2.56. The lowest BCUT2D eigenvalue weighted by Gasteiger charge is -2.30. The van der Waals surface area contributed by atoms with Gasteiger partial charge in [-0.05, 0) is 45.5 Å². The summed E-state index contributed by atoms with van der Waals surface area (Å²) in [5, 5.41) is 1.34. The lowest BCUT2D eigenvalue weighted by molar-refractivity contribution is 0.531. The van der Waals surface area contributed by atoms with E-state index in [-0.39, 0.29) is 10.8 Å². The molecule has 1 aromatic heterocycles. The van der Waals surface area contributed by atoms with Crippen LogP contribution in [0.15, 0.2) is 24.4 Å². The predicted molar refractivity (Wildman–Crippen MR) is 80.3 cm³/mol. The Kier molecular flexibility index (Phi) is 2.84. The number of aryl methyl sites for hydroxylation is 1. The Morgan fingerprint density at radius 1 is 0.833 bits per heavy atom. The Morgan fingerprint density at radius 2 is 1.33 bits per heavy atom. The van der Waals surface area contributed by atoms with Gasteiger partial charge in [-0.15, -0.1) is 0 Å². The van der Waals surface area contributed by atoms with Gasteiger partial charge in [0.2, 0.25) is 0 Å². The smallest absolute Gasteiger partial charge is 0.0480 e. The second kappa shape index (κ2) is 3.88. The van der Waals surface area contributed by atoms with E-state index < -0.39 is 0 Å². The van der Waals surface area contributed by atoms with E-state index in [0.29, 0.717) is 0 Å². The molecule has 0 radical (unpaired) electrons.